The number of amides is 3. The van der Waals surface area contributed by atoms with Gasteiger partial charge in [0.2, 0.25) is 11.8 Å². The van der Waals surface area contributed by atoms with Gasteiger partial charge in [0.25, 0.3) is 5.91 Å². The van der Waals surface area contributed by atoms with Gasteiger partial charge in [0.15, 0.2) is 0 Å². The molecule has 0 bridgehead atoms. The molecule has 1 aliphatic heterocycles. The molecule has 2 heterocycles. The van der Waals surface area contributed by atoms with Crippen molar-refractivity contribution in [1.82, 2.24) is 20.4 Å². The monoisotopic (exact) mass is 278 g/mol. The molecule has 0 atom stereocenters. The number of aromatic nitrogens is 2. The molecule has 0 saturated carbocycles. The molecule has 3 amide bonds. The average molecular weight is 278 g/mol. The van der Waals surface area contributed by atoms with E-state index in [4.69, 9.17) is 0 Å². The molecule has 1 aromatic heterocycles. The highest BCUT2D eigenvalue weighted by Crippen LogP contribution is 2.20. The minimum absolute atomic E-state index is 0.104. The van der Waals surface area contributed by atoms with Gasteiger partial charge in [0.05, 0.1) is 12.1 Å². The van der Waals surface area contributed by atoms with Crippen molar-refractivity contribution in [1.29, 1.82) is 0 Å². The summed E-state index contributed by atoms with van der Waals surface area (Å²) in [6.45, 7) is 6.80. The highest BCUT2D eigenvalue weighted by Gasteiger charge is 2.43. The van der Waals surface area contributed by atoms with Crippen LogP contribution in [0, 0.1) is 13.8 Å². The van der Waals surface area contributed by atoms with Crippen LogP contribution in [-0.4, -0.2) is 44.9 Å². The van der Waals surface area contributed by atoms with Crippen molar-refractivity contribution in [2.75, 3.05) is 6.54 Å². The lowest BCUT2D eigenvalue weighted by molar-refractivity contribution is -0.155. The van der Waals surface area contributed by atoms with E-state index in [1.54, 1.807) is 13.8 Å². The third-order valence-corrected chi connectivity index (χ3v) is 3.69. The largest absolute Gasteiger partial charge is 0.319 e. The molecule has 1 aliphatic rings. The van der Waals surface area contributed by atoms with Gasteiger partial charge in [0, 0.05) is 11.3 Å². The molecule has 20 heavy (non-hydrogen) atoms. The first-order chi connectivity index (χ1) is 9.23. The number of piperazine rings is 1. The number of H-pyrrole nitrogens is 1. The molecule has 1 saturated heterocycles. The summed E-state index contributed by atoms with van der Waals surface area (Å²) in [6, 6.07) is 0. The van der Waals surface area contributed by atoms with E-state index in [-0.39, 0.29) is 18.9 Å². The fraction of sp³-hybridized carbons (Fsp3) is 0.538. The number of hydrogen-bond acceptors (Lipinski definition) is 4. The van der Waals surface area contributed by atoms with Gasteiger partial charge >= 0.3 is 0 Å². The second kappa shape index (κ2) is 4.73. The molecule has 7 heteroatoms. The van der Waals surface area contributed by atoms with Gasteiger partial charge in [-0.2, -0.15) is 5.10 Å². The Morgan fingerprint density at radius 1 is 1.35 bits per heavy atom. The zero-order chi connectivity index (χ0) is 15.1. The maximum atomic E-state index is 12.4. The molecule has 0 aliphatic carbocycles. The van der Waals surface area contributed by atoms with Crippen LogP contribution in [0.15, 0.2) is 0 Å². The summed E-state index contributed by atoms with van der Waals surface area (Å²) in [6.07, 6.45) is 0.123. The Hall–Kier alpha value is -2.18. The Labute approximate surface area is 116 Å². The zero-order valence-corrected chi connectivity index (χ0v) is 12.0. The molecule has 0 radical (unpaired) electrons. The Morgan fingerprint density at radius 3 is 2.55 bits per heavy atom. The second-order valence-corrected chi connectivity index (χ2v) is 5.51. The number of hydrogen-bond donors (Lipinski definition) is 2. The summed E-state index contributed by atoms with van der Waals surface area (Å²) < 4.78 is 0. The number of aromatic amines is 1. The van der Waals surface area contributed by atoms with Gasteiger partial charge in [0.1, 0.15) is 12.1 Å². The lowest BCUT2D eigenvalue weighted by Gasteiger charge is -2.40. The molecular formula is C13H18N4O3. The van der Waals surface area contributed by atoms with E-state index in [0.717, 1.165) is 17.0 Å². The number of imide groups is 1. The smallest absolute Gasteiger partial charge is 0.252 e. The summed E-state index contributed by atoms with van der Waals surface area (Å²) >= 11 is 0. The van der Waals surface area contributed by atoms with Gasteiger partial charge in [-0.3, -0.25) is 24.8 Å². The van der Waals surface area contributed by atoms with Gasteiger partial charge in [-0.15, -0.1) is 0 Å². The van der Waals surface area contributed by atoms with Crippen molar-refractivity contribution in [3.05, 3.63) is 17.0 Å². The number of carbonyl (C=O) groups is 3. The molecule has 0 spiro atoms. The number of aryl methyl sites for hydroxylation is 2. The molecular weight excluding hydrogens is 260 g/mol. The van der Waals surface area contributed by atoms with Gasteiger partial charge < -0.3 is 4.90 Å². The van der Waals surface area contributed by atoms with Crippen LogP contribution in [0.1, 0.15) is 30.8 Å². The van der Waals surface area contributed by atoms with E-state index in [1.165, 1.54) is 4.90 Å². The summed E-state index contributed by atoms with van der Waals surface area (Å²) in [7, 11) is 0. The Kier molecular flexibility index (Phi) is 3.37. The fourth-order valence-corrected chi connectivity index (χ4v) is 2.26. The summed E-state index contributed by atoms with van der Waals surface area (Å²) in [5, 5.41) is 9.10. The molecule has 108 valence electrons. The topological polar surface area (TPSA) is 95.2 Å². The first-order valence-corrected chi connectivity index (χ1v) is 6.38. The molecule has 1 aromatic rings. The Morgan fingerprint density at radius 2 is 2.00 bits per heavy atom. The zero-order valence-electron chi connectivity index (χ0n) is 12.0. The summed E-state index contributed by atoms with van der Waals surface area (Å²) in [5.74, 6) is -1.17. The van der Waals surface area contributed by atoms with Crippen LogP contribution in [-0.2, 0) is 20.8 Å². The minimum Gasteiger partial charge on any atom is -0.319 e. The van der Waals surface area contributed by atoms with Crippen molar-refractivity contribution in [3.63, 3.8) is 0 Å². The fourth-order valence-electron chi connectivity index (χ4n) is 2.26. The number of nitrogens with zero attached hydrogens (tertiary/aromatic N) is 2. The molecule has 7 nitrogen and oxygen atoms in total. The van der Waals surface area contributed by atoms with E-state index in [9.17, 15) is 14.4 Å². The van der Waals surface area contributed by atoms with E-state index in [2.05, 4.69) is 15.5 Å². The molecule has 1 fully saturated rings. The highest BCUT2D eigenvalue weighted by atomic mass is 16.2. The minimum atomic E-state index is -1.03. The third-order valence-electron chi connectivity index (χ3n) is 3.69. The van der Waals surface area contributed by atoms with Crippen molar-refractivity contribution in [2.24, 2.45) is 0 Å². The van der Waals surface area contributed by atoms with E-state index < -0.39 is 17.4 Å². The molecule has 2 N–H and O–H groups in total. The number of carbonyl (C=O) groups excluding carboxylic acids is 3. The lowest BCUT2D eigenvalue weighted by Crippen LogP contribution is -2.65. The summed E-state index contributed by atoms with van der Waals surface area (Å²) in [5.41, 5.74) is 1.35. The first-order valence-electron chi connectivity index (χ1n) is 6.38. The van der Waals surface area contributed by atoms with E-state index in [0.29, 0.717) is 0 Å². The average Bonchev–Trinajstić information content (AvgIpc) is 2.65. The first kappa shape index (κ1) is 14.2. The molecule has 2 rings (SSSR count). The Balaban J connectivity index is 2.24. The second-order valence-electron chi connectivity index (χ2n) is 5.51. The predicted octanol–water partition coefficient (Wildman–Crippen LogP) is -0.167. The Bertz CT molecular complexity index is 569. The van der Waals surface area contributed by atoms with Crippen LogP contribution in [0.5, 0.6) is 0 Å². The quantitative estimate of drug-likeness (QED) is 0.734. The molecule has 0 aromatic carbocycles. The van der Waals surface area contributed by atoms with Gasteiger partial charge in [-0.1, -0.05) is 0 Å². The number of nitrogens with one attached hydrogen (secondary N) is 2. The van der Waals surface area contributed by atoms with Crippen LogP contribution >= 0.6 is 0 Å². The predicted molar refractivity (Wildman–Crippen MR) is 70.7 cm³/mol. The van der Waals surface area contributed by atoms with Crippen molar-refractivity contribution in [2.45, 2.75) is 39.7 Å². The van der Waals surface area contributed by atoms with E-state index >= 15 is 0 Å². The standard InChI is InChI=1S/C13H18N4O3/c1-7-9(8(2)16-15-7)5-11(19)17-6-10(18)14-12(20)13(17,3)4/h5-6H2,1-4H3,(H,15,16)(H,14,18,20). The third kappa shape index (κ3) is 2.31. The van der Waals surface area contributed by atoms with Crippen molar-refractivity contribution >= 4 is 17.7 Å². The number of rotatable bonds is 2. The lowest BCUT2D eigenvalue weighted by atomic mass is 9.97. The van der Waals surface area contributed by atoms with E-state index in [1.807, 2.05) is 13.8 Å². The van der Waals surface area contributed by atoms with Crippen LogP contribution in [0.4, 0.5) is 0 Å². The highest BCUT2D eigenvalue weighted by molar-refractivity contribution is 6.06. The molecule has 0 unspecified atom stereocenters. The van der Waals surface area contributed by atoms with Crippen LogP contribution in [0.2, 0.25) is 0 Å². The SMILES string of the molecule is Cc1n[nH]c(C)c1CC(=O)N1CC(=O)NC(=O)C1(C)C. The van der Waals surface area contributed by atoms with Crippen LogP contribution in [0.25, 0.3) is 0 Å². The van der Waals surface area contributed by atoms with Gasteiger partial charge in [-0.05, 0) is 27.7 Å². The van der Waals surface area contributed by atoms with Crippen molar-refractivity contribution in [3.8, 4) is 0 Å². The van der Waals surface area contributed by atoms with Crippen LogP contribution in [0.3, 0.4) is 0 Å². The normalized spacial score (nSPS) is 18.1. The van der Waals surface area contributed by atoms with Crippen LogP contribution < -0.4 is 5.32 Å². The van der Waals surface area contributed by atoms with Crippen molar-refractivity contribution < 1.29 is 14.4 Å². The van der Waals surface area contributed by atoms with Gasteiger partial charge in [-0.25, -0.2) is 0 Å². The maximum Gasteiger partial charge on any atom is 0.252 e. The maximum absolute atomic E-state index is 12.4. The summed E-state index contributed by atoms with van der Waals surface area (Å²) in [4.78, 5) is 37.0.